The van der Waals surface area contributed by atoms with Crippen molar-refractivity contribution in [1.82, 2.24) is 20.4 Å². The average molecular weight is 332 g/mol. The number of hydrogen-bond acceptors (Lipinski definition) is 4. The molecule has 1 heterocycles. The second-order valence-electron chi connectivity index (χ2n) is 4.62. The van der Waals surface area contributed by atoms with Crippen molar-refractivity contribution < 1.29 is 9.18 Å². The lowest BCUT2D eigenvalue weighted by atomic mass is 10.3. The minimum absolute atomic E-state index is 0.105. The van der Waals surface area contributed by atoms with Gasteiger partial charge in [0.2, 0.25) is 0 Å². The number of nitrogens with one attached hydrogen (secondary N) is 2. The van der Waals surface area contributed by atoms with E-state index in [-0.39, 0.29) is 5.69 Å². The van der Waals surface area contributed by atoms with Gasteiger partial charge in [-0.1, -0.05) is 28.9 Å². The number of anilines is 1. The van der Waals surface area contributed by atoms with E-state index in [2.05, 4.69) is 21.2 Å². The van der Waals surface area contributed by atoms with E-state index in [9.17, 15) is 9.18 Å². The van der Waals surface area contributed by atoms with Gasteiger partial charge in [0.05, 0.1) is 17.6 Å². The number of carbonyl (C=O) groups is 1. The molecule has 1 aromatic heterocycles. The summed E-state index contributed by atoms with van der Waals surface area (Å²) in [5.74, 6) is -0.904. The van der Waals surface area contributed by atoms with E-state index in [4.69, 9.17) is 11.6 Å². The molecule has 0 aliphatic rings. The molecule has 0 radical (unpaired) electrons. The van der Waals surface area contributed by atoms with Crippen LogP contribution in [-0.4, -0.2) is 20.9 Å². The highest BCUT2D eigenvalue weighted by molar-refractivity contribution is 6.30. The third-order valence-corrected chi connectivity index (χ3v) is 3.18. The van der Waals surface area contributed by atoms with Crippen molar-refractivity contribution >= 4 is 23.2 Å². The predicted octanol–water partition coefficient (Wildman–Crippen LogP) is 2.82. The highest BCUT2D eigenvalue weighted by atomic mass is 35.5. The van der Waals surface area contributed by atoms with Gasteiger partial charge in [-0.15, -0.1) is 5.10 Å². The van der Waals surface area contributed by atoms with E-state index in [1.807, 2.05) is 0 Å². The molecule has 3 aromatic rings. The lowest BCUT2D eigenvalue weighted by molar-refractivity contribution is 0.0957. The average Bonchev–Trinajstić information content (AvgIpc) is 3.03. The summed E-state index contributed by atoms with van der Waals surface area (Å²) in [5, 5.41) is 8.23. The Balaban J connectivity index is 1.69. The van der Waals surface area contributed by atoms with Crippen LogP contribution in [0, 0.1) is 5.82 Å². The lowest BCUT2D eigenvalue weighted by Crippen LogP contribution is -2.29. The number of hydrogen-bond donors (Lipinski definition) is 2. The molecular weight excluding hydrogens is 321 g/mol. The van der Waals surface area contributed by atoms with Crippen LogP contribution in [0.1, 0.15) is 10.5 Å². The van der Waals surface area contributed by atoms with Gasteiger partial charge >= 0.3 is 0 Å². The summed E-state index contributed by atoms with van der Waals surface area (Å²) in [5.41, 5.74) is 6.23. The van der Waals surface area contributed by atoms with Gasteiger partial charge in [-0.25, -0.2) is 9.07 Å². The van der Waals surface area contributed by atoms with Crippen LogP contribution in [0.25, 0.3) is 5.69 Å². The van der Waals surface area contributed by atoms with Crippen molar-refractivity contribution in [2.75, 3.05) is 5.43 Å². The molecule has 0 atom stereocenters. The van der Waals surface area contributed by atoms with Crippen LogP contribution in [0.5, 0.6) is 0 Å². The standard InChI is InChI=1S/C15H11ClFN5O/c16-10-3-1-6-13(7-10)22-9-14(19-21-22)15(23)20-18-12-5-2-4-11(17)8-12/h1-9,18H,(H,20,23). The Labute approximate surface area is 135 Å². The quantitative estimate of drug-likeness (QED) is 0.721. The van der Waals surface area contributed by atoms with E-state index < -0.39 is 11.7 Å². The Kier molecular flexibility index (Phi) is 4.20. The molecule has 2 N–H and O–H groups in total. The van der Waals surface area contributed by atoms with Crippen molar-refractivity contribution in [2.24, 2.45) is 0 Å². The first-order valence-corrected chi connectivity index (χ1v) is 7.00. The van der Waals surface area contributed by atoms with Crippen molar-refractivity contribution in [3.05, 3.63) is 71.3 Å². The van der Waals surface area contributed by atoms with E-state index in [0.717, 1.165) is 0 Å². The van der Waals surface area contributed by atoms with Crippen LogP contribution >= 0.6 is 11.6 Å². The molecule has 0 bridgehead atoms. The van der Waals surface area contributed by atoms with Gasteiger partial charge in [-0.2, -0.15) is 0 Å². The molecule has 0 aliphatic carbocycles. The zero-order valence-electron chi connectivity index (χ0n) is 11.7. The fourth-order valence-electron chi connectivity index (χ4n) is 1.87. The summed E-state index contributed by atoms with van der Waals surface area (Å²) in [6.07, 6.45) is 1.47. The molecule has 0 unspecified atom stereocenters. The van der Waals surface area contributed by atoms with Gasteiger partial charge in [-0.3, -0.25) is 15.6 Å². The maximum absolute atomic E-state index is 13.0. The van der Waals surface area contributed by atoms with Gasteiger partial charge in [0.15, 0.2) is 5.69 Å². The molecule has 6 nitrogen and oxygen atoms in total. The minimum atomic E-state index is -0.498. The fourth-order valence-corrected chi connectivity index (χ4v) is 2.06. The highest BCUT2D eigenvalue weighted by Crippen LogP contribution is 2.14. The third kappa shape index (κ3) is 3.64. The Bertz CT molecular complexity index is 851. The topological polar surface area (TPSA) is 71.8 Å². The second kappa shape index (κ2) is 6.45. The fraction of sp³-hybridized carbons (Fsp3) is 0. The third-order valence-electron chi connectivity index (χ3n) is 2.94. The van der Waals surface area contributed by atoms with E-state index in [1.165, 1.54) is 29.1 Å². The molecule has 2 aromatic carbocycles. The number of nitrogens with zero attached hydrogens (tertiary/aromatic N) is 3. The van der Waals surface area contributed by atoms with E-state index in [1.54, 1.807) is 30.3 Å². The van der Waals surface area contributed by atoms with Crippen LogP contribution in [0.3, 0.4) is 0 Å². The molecule has 0 fully saturated rings. The molecule has 116 valence electrons. The van der Waals surface area contributed by atoms with Crippen molar-refractivity contribution in [3.63, 3.8) is 0 Å². The van der Waals surface area contributed by atoms with Crippen molar-refractivity contribution in [2.45, 2.75) is 0 Å². The Morgan fingerprint density at radius 1 is 1.17 bits per heavy atom. The minimum Gasteiger partial charge on any atom is -0.298 e. The first-order valence-electron chi connectivity index (χ1n) is 6.62. The number of rotatable bonds is 4. The second-order valence-corrected chi connectivity index (χ2v) is 5.05. The molecule has 0 aliphatic heterocycles. The number of benzene rings is 2. The summed E-state index contributed by atoms with van der Waals surface area (Å²) in [6.45, 7) is 0. The van der Waals surface area contributed by atoms with Crippen molar-refractivity contribution in [1.29, 1.82) is 0 Å². The van der Waals surface area contributed by atoms with Crippen molar-refractivity contribution in [3.8, 4) is 5.69 Å². The lowest BCUT2D eigenvalue weighted by Gasteiger charge is -2.06. The van der Waals surface area contributed by atoms with Crippen LogP contribution in [0.2, 0.25) is 5.02 Å². The van der Waals surface area contributed by atoms with E-state index >= 15 is 0 Å². The monoisotopic (exact) mass is 331 g/mol. The maximum Gasteiger partial charge on any atom is 0.291 e. The molecule has 1 amide bonds. The molecule has 0 spiro atoms. The summed E-state index contributed by atoms with van der Waals surface area (Å²) >= 11 is 5.91. The molecule has 0 saturated carbocycles. The summed E-state index contributed by atoms with van der Waals surface area (Å²) < 4.78 is 14.5. The van der Waals surface area contributed by atoms with Crippen LogP contribution in [-0.2, 0) is 0 Å². The molecule has 8 heteroatoms. The van der Waals surface area contributed by atoms with Gasteiger partial charge in [-0.05, 0) is 36.4 Å². The Hall–Kier alpha value is -2.93. The largest absolute Gasteiger partial charge is 0.298 e. The van der Waals surface area contributed by atoms with Crippen LogP contribution in [0.4, 0.5) is 10.1 Å². The number of hydrazine groups is 1. The number of amides is 1. The Morgan fingerprint density at radius 3 is 2.78 bits per heavy atom. The number of halogens is 2. The molecule has 0 saturated heterocycles. The zero-order chi connectivity index (χ0) is 16.2. The van der Waals surface area contributed by atoms with Gasteiger partial charge in [0, 0.05) is 5.02 Å². The van der Waals surface area contributed by atoms with Gasteiger partial charge < -0.3 is 0 Å². The van der Waals surface area contributed by atoms with Gasteiger partial charge in [0.1, 0.15) is 5.82 Å². The molecule has 3 rings (SSSR count). The summed E-state index contributed by atoms with van der Waals surface area (Å²) in [6, 6.07) is 12.7. The highest BCUT2D eigenvalue weighted by Gasteiger charge is 2.11. The SMILES string of the molecule is O=C(NNc1cccc(F)c1)c1cn(-c2cccc(Cl)c2)nn1. The number of aromatic nitrogens is 3. The number of carbonyl (C=O) groups excluding carboxylic acids is 1. The first kappa shape index (κ1) is 15.0. The van der Waals surface area contributed by atoms with Crippen LogP contribution < -0.4 is 10.9 Å². The normalized spacial score (nSPS) is 10.3. The predicted molar refractivity (Wildman–Crippen MR) is 83.9 cm³/mol. The molecular formula is C15H11ClFN5O. The smallest absolute Gasteiger partial charge is 0.291 e. The van der Waals surface area contributed by atoms with Crippen LogP contribution in [0.15, 0.2) is 54.7 Å². The van der Waals surface area contributed by atoms with E-state index in [0.29, 0.717) is 16.4 Å². The summed E-state index contributed by atoms with van der Waals surface area (Å²) in [7, 11) is 0. The zero-order valence-corrected chi connectivity index (χ0v) is 12.5. The Morgan fingerprint density at radius 2 is 2.00 bits per heavy atom. The first-order chi connectivity index (χ1) is 11.1. The molecule has 23 heavy (non-hydrogen) atoms. The van der Waals surface area contributed by atoms with Gasteiger partial charge in [0.25, 0.3) is 5.91 Å². The maximum atomic E-state index is 13.0. The summed E-state index contributed by atoms with van der Waals surface area (Å²) in [4.78, 5) is 12.0.